The van der Waals surface area contributed by atoms with E-state index in [0.717, 1.165) is 11.1 Å². The minimum atomic E-state index is -0.930. The molecule has 0 bridgehead atoms. The maximum Gasteiger partial charge on any atom is 0.311 e. The van der Waals surface area contributed by atoms with Crippen molar-refractivity contribution in [1.82, 2.24) is 0 Å². The van der Waals surface area contributed by atoms with Crippen molar-refractivity contribution in [2.75, 3.05) is 0 Å². The molecule has 0 fully saturated rings. The van der Waals surface area contributed by atoms with Crippen LogP contribution in [-0.4, -0.2) is 33.7 Å². The van der Waals surface area contributed by atoms with Gasteiger partial charge in [0.15, 0.2) is 0 Å². The van der Waals surface area contributed by atoms with Crippen LogP contribution in [0.5, 0.6) is 0 Å². The van der Waals surface area contributed by atoms with Gasteiger partial charge in [0.2, 0.25) is 0 Å². The third-order valence-corrected chi connectivity index (χ3v) is 5.93. The topological polar surface area (TPSA) is 109 Å². The molecule has 2 rings (SSSR count). The van der Waals surface area contributed by atoms with Crippen LogP contribution in [-0.2, 0) is 19.2 Å². The van der Waals surface area contributed by atoms with E-state index in [1.165, 1.54) is 22.7 Å². The number of carbonyl (C=O) groups excluding carboxylic acids is 2. The van der Waals surface area contributed by atoms with Crippen molar-refractivity contribution in [1.29, 1.82) is 0 Å². The van der Waals surface area contributed by atoms with Crippen LogP contribution in [0.25, 0.3) is 0 Å². The number of carboxylic acids is 2. The van der Waals surface area contributed by atoms with Crippen molar-refractivity contribution >= 4 is 46.2 Å². The fourth-order valence-electron chi connectivity index (χ4n) is 2.69. The van der Waals surface area contributed by atoms with Crippen molar-refractivity contribution in [3.63, 3.8) is 0 Å². The summed E-state index contributed by atoms with van der Waals surface area (Å²) in [5, 5.41) is 25.1. The fraction of sp³-hybridized carbons (Fsp3) is 0.478. The predicted molar refractivity (Wildman–Crippen MR) is 125 cm³/mol. The van der Waals surface area contributed by atoms with Crippen LogP contribution in [0.1, 0.15) is 70.9 Å². The Hall–Kier alpha value is -2.32. The van der Waals surface area contributed by atoms with Gasteiger partial charge in [0.25, 0.3) is 0 Å². The quantitative estimate of drug-likeness (QED) is 0.463. The molecule has 0 aromatic carbocycles. The lowest BCUT2D eigenvalue weighted by molar-refractivity contribution is -0.141. The van der Waals surface area contributed by atoms with Crippen molar-refractivity contribution in [2.45, 2.75) is 59.8 Å². The van der Waals surface area contributed by atoms with E-state index in [0.29, 0.717) is 0 Å². The first-order chi connectivity index (χ1) is 14.0. The molecule has 31 heavy (non-hydrogen) atoms. The summed E-state index contributed by atoms with van der Waals surface area (Å²) in [4.78, 5) is 45.0. The molecule has 172 valence electrons. The highest BCUT2D eigenvalue weighted by atomic mass is 32.1. The summed E-state index contributed by atoms with van der Waals surface area (Å²) in [5.41, 5.74) is 1.54. The van der Waals surface area contributed by atoms with Crippen LogP contribution >= 0.6 is 22.7 Å². The Labute approximate surface area is 191 Å². The Kier molecular flexibility index (Phi) is 12.8. The average Bonchev–Trinajstić information content (AvgIpc) is 3.37. The smallest absolute Gasteiger partial charge is 0.311 e. The molecule has 0 spiro atoms. The lowest BCUT2D eigenvalue weighted by Gasteiger charge is -2.14. The zero-order chi connectivity index (χ0) is 22.8. The van der Waals surface area contributed by atoms with Crippen LogP contribution < -0.4 is 0 Å². The second kappa shape index (κ2) is 13.9. The zero-order valence-electron chi connectivity index (χ0n) is 17.5. The largest absolute Gasteiger partial charge is 0.481 e. The summed E-state index contributed by atoms with van der Waals surface area (Å²) < 4.78 is 0. The maximum absolute atomic E-state index is 11.8. The average molecular weight is 469 g/mol. The highest BCUT2D eigenvalue weighted by Crippen LogP contribution is 2.26. The van der Waals surface area contributed by atoms with Gasteiger partial charge in [-0.1, -0.05) is 35.1 Å². The second-order valence-electron chi connectivity index (χ2n) is 7.54. The summed E-state index contributed by atoms with van der Waals surface area (Å²) in [6, 6.07) is 3.58. The minimum Gasteiger partial charge on any atom is -0.481 e. The molecular weight excluding hydrogens is 436 g/mol. The number of ketones is 2. The van der Waals surface area contributed by atoms with E-state index in [4.69, 9.17) is 10.2 Å². The van der Waals surface area contributed by atoms with E-state index in [-0.39, 0.29) is 43.7 Å². The van der Waals surface area contributed by atoms with E-state index in [9.17, 15) is 19.2 Å². The first-order valence-corrected chi connectivity index (χ1v) is 11.5. The number of aliphatic carboxylic acids is 2. The van der Waals surface area contributed by atoms with E-state index in [2.05, 4.69) is 0 Å². The van der Waals surface area contributed by atoms with Crippen molar-refractivity contribution in [3.8, 4) is 0 Å². The van der Waals surface area contributed by atoms with Gasteiger partial charge in [0.1, 0.15) is 11.6 Å². The van der Waals surface area contributed by atoms with Gasteiger partial charge >= 0.3 is 11.9 Å². The van der Waals surface area contributed by atoms with Crippen molar-refractivity contribution < 1.29 is 29.4 Å². The summed E-state index contributed by atoms with van der Waals surface area (Å²) in [6.07, 6.45) is -0.0303. The molecule has 0 amide bonds. The number of Topliss-reactive ketones (excluding diaryl/α,β-unsaturated/α-hetero) is 2. The lowest BCUT2D eigenvalue weighted by Crippen LogP contribution is -2.20. The van der Waals surface area contributed by atoms with E-state index >= 15 is 0 Å². The fourth-order valence-corrected chi connectivity index (χ4v) is 4.12. The molecule has 2 N–H and O–H groups in total. The first-order valence-electron chi connectivity index (χ1n) is 9.59. The molecule has 0 saturated carbocycles. The van der Waals surface area contributed by atoms with Gasteiger partial charge in [0.05, 0.1) is 18.3 Å². The molecule has 0 saturated heterocycles. The van der Waals surface area contributed by atoms with Crippen LogP contribution in [0.15, 0.2) is 33.7 Å². The van der Waals surface area contributed by atoms with Gasteiger partial charge in [-0.2, -0.15) is 22.7 Å². The van der Waals surface area contributed by atoms with Gasteiger partial charge < -0.3 is 10.2 Å². The van der Waals surface area contributed by atoms with Crippen LogP contribution in [0.2, 0.25) is 0 Å². The Morgan fingerprint density at radius 2 is 1.29 bits per heavy atom. The predicted octanol–water partition coefficient (Wildman–Crippen LogP) is 5.70. The SMILES string of the molecule is C.CC(C)C(=O)C(CC(=O)O)c1ccsc1.CC(C)C(=O)CC(C(=O)O)c1ccsc1. The zero-order valence-corrected chi connectivity index (χ0v) is 19.2. The summed E-state index contributed by atoms with van der Waals surface area (Å²) in [7, 11) is 0. The summed E-state index contributed by atoms with van der Waals surface area (Å²) in [5.74, 6) is -3.29. The standard InChI is InChI=1S/2C11H14O3S.CH4/c1-7(2)11(14)9(5-10(12)13)8-3-4-15-6-8;1-7(2)10(12)5-9(11(13)14)8-3-4-15-6-8;/h3-4,6-7,9H,5H2,1-2H3,(H,12,13);3-4,6-7,9H,5H2,1-2H3,(H,13,14);1H4. The Balaban J connectivity index is 0.000000562. The summed E-state index contributed by atoms with van der Waals surface area (Å²) in [6.45, 7) is 7.16. The van der Waals surface area contributed by atoms with Gasteiger partial charge in [-0.05, 0) is 44.8 Å². The number of thiophene rings is 2. The molecule has 2 aromatic heterocycles. The Morgan fingerprint density at radius 1 is 0.806 bits per heavy atom. The van der Waals surface area contributed by atoms with Gasteiger partial charge in [0, 0.05) is 18.3 Å². The Bertz CT molecular complexity index is 822. The minimum absolute atomic E-state index is 0. The monoisotopic (exact) mass is 468 g/mol. The van der Waals surface area contributed by atoms with Gasteiger partial charge in [-0.25, -0.2) is 0 Å². The summed E-state index contributed by atoms with van der Waals surface area (Å²) >= 11 is 2.93. The van der Waals surface area contributed by atoms with Gasteiger partial charge in [-0.3, -0.25) is 19.2 Å². The number of hydrogen-bond donors (Lipinski definition) is 2. The molecule has 0 aliphatic rings. The maximum atomic E-state index is 11.8. The number of carboxylic acid groups (broad SMARTS) is 2. The van der Waals surface area contributed by atoms with Crippen LogP contribution in [0.3, 0.4) is 0 Å². The molecule has 0 radical (unpaired) electrons. The van der Waals surface area contributed by atoms with Gasteiger partial charge in [-0.15, -0.1) is 0 Å². The number of carbonyl (C=O) groups is 4. The molecule has 8 heteroatoms. The molecule has 0 aliphatic carbocycles. The lowest BCUT2D eigenvalue weighted by atomic mass is 9.88. The highest BCUT2D eigenvalue weighted by Gasteiger charge is 2.26. The molecule has 2 atom stereocenters. The molecular formula is C23H32O6S2. The molecule has 2 heterocycles. The Morgan fingerprint density at radius 3 is 1.61 bits per heavy atom. The molecule has 2 unspecified atom stereocenters. The third-order valence-electron chi connectivity index (χ3n) is 4.53. The van der Waals surface area contributed by atoms with Crippen molar-refractivity contribution in [2.24, 2.45) is 11.8 Å². The van der Waals surface area contributed by atoms with E-state index in [1.807, 2.05) is 22.2 Å². The van der Waals surface area contributed by atoms with Crippen LogP contribution in [0, 0.1) is 11.8 Å². The number of rotatable bonds is 10. The first kappa shape index (κ1) is 28.7. The molecule has 6 nitrogen and oxygen atoms in total. The molecule has 0 aliphatic heterocycles. The van der Waals surface area contributed by atoms with E-state index in [1.54, 1.807) is 39.1 Å². The highest BCUT2D eigenvalue weighted by molar-refractivity contribution is 7.08. The normalized spacial score (nSPS) is 12.3. The third kappa shape index (κ3) is 9.57. The van der Waals surface area contributed by atoms with Crippen LogP contribution in [0.4, 0.5) is 0 Å². The number of hydrogen-bond acceptors (Lipinski definition) is 6. The second-order valence-corrected chi connectivity index (χ2v) is 9.10. The van der Waals surface area contributed by atoms with Crippen molar-refractivity contribution in [3.05, 3.63) is 44.8 Å². The van der Waals surface area contributed by atoms with E-state index < -0.39 is 23.8 Å². The molecule has 2 aromatic rings.